The van der Waals surface area contributed by atoms with E-state index in [0.29, 0.717) is 30.3 Å². The zero-order valence-electron chi connectivity index (χ0n) is 15.5. The van der Waals surface area contributed by atoms with Crippen molar-refractivity contribution < 1.29 is 14.3 Å². The summed E-state index contributed by atoms with van der Waals surface area (Å²) in [5, 5.41) is 0. The standard InChI is InChI=1S/C22H22N2O3/c1-17-10-12-18(13-11-17)26-16-15-24(2)22(25)20-9-6-14-23-21(20)27-19-7-4-3-5-8-19/h3-14H,15-16H2,1-2H3. The fourth-order valence-corrected chi connectivity index (χ4v) is 2.48. The second kappa shape index (κ2) is 8.85. The van der Waals surface area contributed by atoms with Crippen LogP contribution >= 0.6 is 0 Å². The molecule has 3 aromatic rings. The van der Waals surface area contributed by atoms with Crippen molar-refractivity contribution >= 4 is 5.91 Å². The lowest BCUT2D eigenvalue weighted by atomic mass is 10.2. The average Bonchev–Trinajstić information content (AvgIpc) is 2.70. The van der Waals surface area contributed by atoms with Crippen LogP contribution in [0.4, 0.5) is 0 Å². The van der Waals surface area contributed by atoms with E-state index in [2.05, 4.69) is 4.98 Å². The predicted molar refractivity (Wildman–Crippen MR) is 104 cm³/mol. The fourth-order valence-electron chi connectivity index (χ4n) is 2.48. The summed E-state index contributed by atoms with van der Waals surface area (Å²) in [6, 6.07) is 20.5. The smallest absolute Gasteiger partial charge is 0.259 e. The van der Waals surface area contributed by atoms with Crippen LogP contribution in [0, 0.1) is 6.92 Å². The van der Waals surface area contributed by atoms with E-state index in [9.17, 15) is 4.79 Å². The molecule has 0 N–H and O–H groups in total. The largest absolute Gasteiger partial charge is 0.492 e. The van der Waals surface area contributed by atoms with Gasteiger partial charge in [0, 0.05) is 13.2 Å². The van der Waals surface area contributed by atoms with E-state index in [1.54, 1.807) is 30.3 Å². The van der Waals surface area contributed by atoms with Crippen molar-refractivity contribution in [3.8, 4) is 17.4 Å². The summed E-state index contributed by atoms with van der Waals surface area (Å²) in [7, 11) is 1.74. The van der Waals surface area contributed by atoms with Crippen LogP contribution in [0.25, 0.3) is 0 Å². The highest BCUT2D eigenvalue weighted by Crippen LogP contribution is 2.23. The summed E-state index contributed by atoms with van der Waals surface area (Å²) in [5.41, 5.74) is 1.59. The Labute approximate surface area is 159 Å². The van der Waals surface area contributed by atoms with Crippen molar-refractivity contribution in [2.24, 2.45) is 0 Å². The normalized spacial score (nSPS) is 10.3. The minimum absolute atomic E-state index is 0.165. The molecular formula is C22H22N2O3. The molecule has 0 saturated heterocycles. The molecule has 0 fully saturated rings. The van der Waals surface area contributed by atoms with Gasteiger partial charge in [0.2, 0.25) is 5.88 Å². The van der Waals surface area contributed by atoms with E-state index >= 15 is 0 Å². The van der Waals surface area contributed by atoms with Gasteiger partial charge in [0.1, 0.15) is 23.7 Å². The molecule has 1 amide bonds. The van der Waals surface area contributed by atoms with Gasteiger partial charge < -0.3 is 14.4 Å². The molecule has 27 heavy (non-hydrogen) atoms. The highest BCUT2D eigenvalue weighted by atomic mass is 16.5. The molecule has 1 aromatic heterocycles. The van der Waals surface area contributed by atoms with Gasteiger partial charge in [-0.25, -0.2) is 4.98 Å². The molecule has 0 aliphatic heterocycles. The maximum Gasteiger partial charge on any atom is 0.259 e. The van der Waals surface area contributed by atoms with E-state index in [1.807, 2.05) is 61.5 Å². The second-order valence-electron chi connectivity index (χ2n) is 6.16. The first-order chi connectivity index (χ1) is 13.1. The number of carbonyl (C=O) groups is 1. The zero-order valence-corrected chi connectivity index (χ0v) is 15.5. The van der Waals surface area contributed by atoms with Crippen LogP contribution in [0.3, 0.4) is 0 Å². The summed E-state index contributed by atoms with van der Waals surface area (Å²) >= 11 is 0. The predicted octanol–water partition coefficient (Wildman–Crippen LogP) is 4.33. The molecule has 1 heterocycles. The lowest BCUT2D eigenvalue weighted by Gasteiger charge is -2.19. The number of rotatable bonds is 7. The molecule has 0 radical (unpaired) electrons. The van der Waals surface area contributed by atoms with Gasteiger partial charge in [0.15, 0.2) is 0 Å². The Balaban J connectivity index is 1.62. The number of aryl methyl sites for hydroxylation is 1. The topological polar surface area (TPSA) is 51.7 Å². The van der Waals surface area contributed by atoms with Gasteiger partial charge >= 0.3 is 0 Å². The monoisotopic (exact) mass is 362 g/mol. The third kappa shape index (κ3) is 5.07. The summed E-state index contributed by atoms with van der Waals surface area (Å²) < 4.78 is 11.5. The number of amides is 1. The van der Waals surface area contributed by atoms with Crippen molar-refractivity contribution in [3.05, 3.63) is 84.1 Å². The number of ether oxygens (including phenoxy) is 2. The molecule has 0 spiro atoms. The molecular weight excluding hydrogens is 340 g/mol. The summed E-state index contributed by atoms with van der Waals surface area (Å²) in [6.07, 6.45) is 1.61. The molecule has 3 rings (SSSR count). The summed E-state index contributed by atoms with van der Waals surface area (Å²) in [5.74, 6) is 1.55. The minimum Gasteiger partial charge on any atom is -0.492 e. The second-order valence-corrected chi connectivity index (χ2v) is 6.16. The summed E-state index contributed by atoms with van der Waals surface area (Å²) in [4.78, 5) is 18.6. The van der Waals surface area contributed by atoms with Gasteiger partial charge in [-0.05, 0) is 43.3 Å². The van der Waals surface area contributed by atoms with Crippen LogP contribution in [0.5, 0.6) is 17.4 Å². The van der Waals surface area contributed by atoms with Crippen LogP contribution in [-0.2, 0) is 0 Å². The molecule has 138 valence electrons. The van der Waals surface area contributed by atoms with Crippen molar-refractivity contribution in [2.75, 3.05) is 20.2 Å². The fraction of sp³-hybridized carbons (Fsp3) is 0.182. The molecule has 2 aromatic carbocycles. The number of aromatic nitrogens is 1. The maximum absolute atomic E-state index is 12.8. The number of hydrogen-bond donors (Lipinski definition) is 0. The quantitative estimate of drug-likeness (QED) is 0.628. The number of nitrogens with zero attached hydrogens (tertiary/aromatic N) is 2. The van der Waals surface area contributed by atoms with Gasteiger partial charge in [-0.1, -0.05) is 35.9 Å². The number of likely N-dealkylation sites (N-methyl/N-ethyl adjacent to an activating group) is 1. The van der Waals surface area contributed by atoms with Crippen LogP contribution < -0.4 is 9.47 Å². The Morgan fingerprint density at radius 2 is 1.70 bits per heavy atom. The van der Waals surface area contributed by atoms with E-state index in [1.165, 1.54) is 5.56 Å². The first-order valence-electron chi connectivity index (χ1n) is 8.76. The maximum atomic E-state index is 12.8. The van der Waals surface area contributed by atoms with Gasteiger partial charge in [-0.2, -0.15) is 0 Å². The Hall–Kier alpha value is -3.34. The molecule has 0 bridgehead atoms. The third-order valence-electron chi connectivity index (χ3n) is 4.02. The number of carbonyl (C=O) groups excluding carboxylic acids is 1. The van der Waals surface area contributed by atoms with E-state index < -0.39 is 0 Å². The number of hydrogen-bond acceptors (Lipinski definition) is 4. The van der Waals surface area contributed by atoms with Crippen molar-refractivity contribution in [2.45, 2.75) is 6.92 Å². The Morgan fingerprint density at radius 3 is 2.44 bits per heavy atom. The first kappa shape index (κ1) is 18.5. The molecule has 0 saturated carbocycles. The number of benzene rings is 2. The van der Waals surface area contributed by atoms with E-state index in [0.717, 1.165) is 5.75 Å². The van der Waals surface area contributed by atoms with E-state index in [4.69, 9.17) is 9.47 Å². The van der Waals surface area contributed by atoms with Crippen LogP contribution in [0.1, 0.15) is 15.9 Å². The SMILES string of the molecule is Cc1ccc(OCCN(C)C(=O)c2cccnc2Oc2ccccc2)cc1. The molecule has 0 aliphatic rings. The number of pyridine rings is 1. The highest BCUT2D eigenvalue weighted by Gasteiger charge is 2.18. The first-order valence-corrected chi connectivity index (χ1v) is 8.76. The Bertz CT molecular complexity index is 880. The van der Waals surface area contributed by atoms with Crippen molar-refractivity contribution in [3.63, 3.8) is 0 Å². The van der Waals surface area contributed by atoms with E-state index in [-0.39, 0.29) is 5.91 Å². The molecule has 5 heteroatoms. The van der Waals surface area contributed by atoms with Crippen molar-refractivity contribution in [1.82, 2.24) is 9.88 Å². The van der Waals surface area contributed by atoms with Crippen LogP contribution in [0.2, 0.25) is 0 Å². The lowest BCUT2D eigenvalue weighted by molar-refractivity contribution is 0.0770. The Morgan fingerprint density at radius 1 is 0.963 bits per heavy atom. The van der Waals surface area contributed by atoms with Gasteiger partial charge in [0.25, 0.3) is 5.91 Å². The molecule has 0 aliphatic carbocycles. The lowest BCUT2D eigenvalue weighted by Crippen LogP contribution is -2.31. The third-order valence-corrected chi connectivity index (χ3v) is 4.02. The van der Waals surface area contributed by atoms with Crippen molar-refractivity contribution in [1.29, 1.82) is 0 Å². The minimum atomic E-state index is -0.165. The average molecular weight is 362 g/mol. The molecule has 0 unspecified atom stereocenters. The van der Waals surface area contributed by atoms with Crippen LogP contribution in [-0.4, -0.2) is 36.0 Å². The van der Waals surface area contributed by atoms with Gasteiger partial charge in [-0.3, -0.25) is 4.79 Å². The van der Waals surface area contributed by atoms with Gasteiger partial charge in [0.05, 0.1) is 6.54 Å². The molecule has 5 nitrogen and oxygen atoms in total. The van der Waals surface area contributed by atoms with Crippen LogP contribution in [0.15, 0.2) is 72.9 Å². The zero-order chi connectivity index (χ0) is 19.1. The van der Waals surface area contributed by atoms with Gasteiger partial charge in [-0.15, -0.1) is 0 Å². The Kier molecular flexibility index (Phi) is 6.05. The number of para-hydroxylation sites is 1. The highest BCUT2D eigenvalue weighted by molar-refractivity contribution is 5.96. The summed E-state index contributed by atoms with van der Waals surface area (Å²) in [6.45, 7) is 2.88. The molecule has 0 atom stereocenters.